The Balaban J connectivity index is 1.54. The number of fused-ring (bicyclic) bond motifs is 2. The number of nitrogens with zero attached hydrogens (tertiary/aromatic N) is 3. The average Bonchev–Trinajstić information content (AvgIpc) is 3.33. The second-order valence-electron chi connectivity index (χ2n) is 7.02. The fourth-order valence-electron chi connectivity index (χ4n) is 3.61. The van der Waals surface area contributed by atoms with Gasteiger partial charge in [-0.1, -0.05) is 6.07 Å². The molecule has 0 saturated carbocycles. The number of aromatic nitrogens is 4. The molecule has 0 spiro atoms. The number of carbonyl (C=O) groups excluding carboxylic acids is 1. The van der Waals surface area contributed by atoms with Crippen LogP contribution in [-0.2, 0) is 6.54 Å². The zero-order valence-corrected chi connectivity index (χ0v) is 15.8. The summed E-state index contributed by atoms with van der Waals surface area (Å²) >= 11 is 0. The highest BCUT2D eigenvalue weighted by atomic mass is 19.1. The molecule has 4 heterocycles. The van der Waals surface area contributed by atoms with Crippen molar-refractivity contribution in [1.29, 1.82) is 0 Å². The first-order chi connectivity index (χ1) is 14.9. The predicted molar refractivity (Wildman–Crippen MR) is 107 cm³/mol. The summed E-state index contributed by atoms with van der Waals surface area (Å²) in [5.74, 6) is -4.73. The quantitative estimate of drug-likeness (QED) is 0.449. The minimum atomic E-state index is -1.31. The van der Waals surface area contributed by atoms with Crippen LogP contribution in [0.4, 0.5) is 13.2 Å². The smallest absolute Gasteiger partial charge is 0.275 e. The van der Waals surface area contributed by atoms with Crippen LogP contribution in [-0.4, -0.2) is 24.9 Å². The summed E-state index contributed by atoms with van der Waals surface area (Å²) in [6, 6.07) is 9.84. The minimum absolute atomic E-state index is 0.0867. The lowest BCUT2D eigenvalue weighted by Gasteiger charge is -2.05. The summed E-state index contributed by atoms with van der Waals surface area (Å²) in [5, 5.41) is 4.62. The Labute approximate surface area is 172 Å². The lowest BCUT2D eigenvalue weighted by atomic mass is 10.0. The first-order valence-corrected chi connectivity index (χ1v) is 9.25. The number of nitrogens with one attached hydrogen (secondary N) is 1. The molecule has 0 radical (unpaired) electrons. The molecular weight excluding hydrogens is 409 g/mol. The second-order valence-corrected chi connectivity index (χ2v) is 7.02. The van der Waals surface area contributed by atoms with Gasteiger partial charge in [-0.15, -0.1) is 0 Å². The zero-order chi connectivity index (χ0) is 21.7. The molecule has 0 bridgehead atoms. The Bertz CT molecular complexity index is 1490. The molecule has 154 valence electrons. The Morgan fingerprint density at radius 3 is 2.55 bits per heavy atom. The van der Waals surface area contributed by atoms with Gasteiger partial charge >= 0.3 is 0 Å². The van der Waals surface area contributed by atoms with E-state index in [1.165, 1.54) is 23.0 Å². The maximum atomic E-state index is 14.0. The highest BCUT2D eigenvalue weighted by molar-refractivity contribution is 6.16. The Morgan fingerprint density at radius 2 is 1.81 bits per heavy atom. The fourth-order valence-corrected chi connectivity index (χ4v) is 3.61. The number of hydrogen-bond acceptors (Lipinski definition) is 3. The molecule has 5 rings (SSSR count). The molecule has 0 fully saturated rings. The number of ketones is 1. The van der Waals surface area contributed by atoms with E-state index in [-0.39, 0.29) is 23.0 Å². The highest BCUT2D eigenvalue weighted by Crippen LogP contribution is 2.23. The van der Waals surface area contributed by atoms with E-state index in [2.05, 4.69) is 10.1 Å². The van der Waals surface area contributed by atoms with Crippen LogP contribution in [0.15, 0.2) is 65.8 Å². The van der Waals surface area contributed by atoms with E-state index in [1.807, 2.05) is 24.3 Å². The van der Waals surface area contributed by atoms with Gasteiger partial charge in [-0.3, -0.25) is 9.59 Å². The fraction of sp³-hybridized carbons (Fsp3) is 0.0455. The SMILES string of the molecule is O=C(c1c(F)cc(F)cc1F)c1c[nH]c2c(=O)n(Cc3cc4ccccn4n3)ccc12. The molecule has 4 aromatic heterocycles. The van der Waals surface area contributed by atoms with Gasteiger partial charge in [0.2, 0.25) is 5.78 Å². The Morgan fingerprint density at radius 1 is 1.03 bits per heavy atom. The molecule has 1 N–H and O–H groups in total. The number of rotatable bonds is 4. The summed E-state index contributed by atoms with van der Waals surface area (Å²) in [7, 11) is 0. The van der Waals surface area contributed by atoms with Gasteiger partial charge in [-0.2, -0.15) is 5.10 Å². The molecule has 31 heavy (non-hydrogen) atoms. The number of halogens is 3. The van der Waals surface area contributed by atoms with E-state index in [1.54, 1.807) is 10.7 Å². The van der Waals surface area contributed by atoms with E-state index < -0.39 is 34.4 Å². The maximum Gasteiger partial charge on any atom is 0.275 e. The van der Waals surface area contributed by atoms with E-state index in [0.717, 1.165) is 5.52 Å². The summed E-state index contributed by atoms with van der Waals surface area (Å²) in [5.41, 5.74) is 0.257. The van der Waals surface area contributed by atoms with Crippen molar-refractivity contribution in [2.24, 2.45) is 0 Å². The number of hydrogen-bond donors (Lipinski definition) is 1. The van der Waals surface area contributed by atoms with Crippen molar-refractivity contribution in [2.45, 2.75) is 6.54 Å². The third-order valence-electron chi connectivity index (χ3n) is 5.05. The molecule has 0 aliphatic heterocycles. The molecular formula is C22H13F3N4O2. The third-order valence-corrected chi connectivity index (χ3v) is 5.05. The molecule has 5 aromatic rings. The van der Waals surface area contributed by atoms with Gasteiger partial charge in [-0.25, -0.2) is 17.7 Å². The minimum Gasteiger partial charge on any atom is -0.356 e. The van der Waals surface area contributed by atoms with E-state index in [4.69, 9.17) is 0 Å². The molecule has 0 aliphatic rings. The summed E-state index contributed by atoms with van der Waals surface area (Å²) in [6.45, 7) is 0.194. The van der Waals surface area contributed by atoms with Gasteiger partial charge in [0.05, 0.1) is 23.3 Å². The summed E-state index contributed by atoms with van der Waals surface area (Å²) in [4.78, 5) is 28.3. The van der Waals surface area contributed by atoms with Crippen molar-refractivity contribution in [1.82, 2.24) is 19.2 Å². The van der Waals surface area contributed by atoms with Crippen LogP contribution in [0.1, 0.15) is 21.6 Å². The molecule has 0 saturated heterocycles. The summed E-state index contributed by atoms with van der Waals surface area (Å²) < 4.78 is 44.3. The number of benzene rings is 1. The van der Waals surface area contributed by atoms with Gasteiger partial charge in [0.1, 0.15) is 23.0 Å². The summed E-state index contributed by atoms with van der Waals surface area (Å²) in [6.07, 6.45) is 4.49. The van der Waals surface area contributed by atoms with E-state index in [0.29, 0.717) is 17.8 Å². The van der Waals surface area contributed by atoms with Gasteiger partial charge in [0.15, 0.2) is 0 Å². The number of aromatic amines is 1. The maximum absolute atomic E-state index is 14.0. The number of pyridine rings is 2. The molecule has 9 heteroatoms. The first kappa shape index (κ1) is 18.9. The van der Waals surface area contributed by atoms with Crippen LogP contribution in [0.2, 0.25) is 0 Å². The van der Waals surface area contributed by atoms with Crippen molar-refractivity contribution in [2.75, 3.05) is 0 Å². The van der Waals surface area contributed by atoms with Crippen LogP contribution in [0.25, 0.3) is 16.4 Å². The Hall–Kier alpha value is -4.14. The molecule has 0 amide bonds. The second kappa shape index (κ2) is 6.98. The Kier molecular flexibility index (Phi) is 4.25. The standard InChI is InChI=1S/C22H13F3N4O2/c23-12-7-17(24)19(18(25)8-12)21(30)16-10-26-20-15(16)4-6-28(22(20)31)11-13-9-14-3-1-2-5-29(14)27-13/h1-10,26H,11H2. The molecule has 0 aliphatic carbocycles. The van der Waals surface area contributed by atoms with Crippen LogP contribution < -0.4 is 5.56 Å². The lowest BCUT2D eigenvalue weighted by Crippen LogP contribution is -2.20. The zero-order valence-electron chi connectivity index (χ0n) is 15.8. The van der Waals surface area contributed by atoms with Crippen LogP contribution in [0, 0.1) is 17.5 Å². The number of H-pyrrole nitrogens is 1. The average molecular weight is 422 g/mol. The van der Waals surface area contributed by atoms with Crippen LogP contribution >= 0.6 is 0 Å². The predicted octanol–water partition coefficient (Wildman–Crippen LogP) is 3.67. The molecule has 0 atom stereocenters. The van der Waals surface area contributed by atoms with Gasteiger partial charge < -0.3 is 9.55 Å². The first-order valence-electron chi connectivity index (χ1n) is 9.25. The van der Waals surface area contributed by atoms with Gasteiger partial charge in [-0.05, 0) is 24.3 Å². The van der Waals surface area contributed by atoms with Crippen LogP contribution in [0.3, 0.4) is 0 Å². The van der Waals surface area contributed by atoms with Crippen molar-refractivity contribution >= 4 is 22.2 Å². The number of carbonyl (C=O) groups is 1. The highest BCUT2D eigenvalue weighted by Gasteiger charge is 2.23. The van der Waals surface area contributed by atoms with Gasteiger partial charge in [0, 0.05) is 41.7 Å². The van der Waals surface area contributed by atoms with Crippen molar-refractivity contribution < 1.29 is 18.0 Å². The molecule has 6 nitrogen and oxygen atoms in total. The monoisotopic (exact) mass is 422 g/mol. The van der Waals surface area contributed by atoms with Crippen LogP contribution in [0.5, 0.6) is 0 Å². The topological polar surface area (TPSA) is 72.2 Å². The van der Waals surface area contributed by atoms with Crippen molar-refractivity contribution in [3.63, 3.8) is 0 Å². The van der Waals surface area contributed by atoms with Gasteiger partial charge in [0.25, 0.3) is 5.56 Å². The van der Waals surface area contributed by atoms with E-state index in [9.17, 15) is 22.8 Å². The molecule has 1 aromatic carbocycles. The molecule has 0 unspecified atom stereocenters. The normalized spacial score (nSPS) is 11.5. The van der Waals surface area contributed by atoms with Crippen molar-refractivity contribution in [3.8, 4) is 0 Å². The van der Waals surface area contributed by atoms with Crippen molar-refractivity contribution in [3.05, 3.63) is 106 Å². The largest absolute Gasteiger partial charge is 0.356 e. The third kappa shape index (κ3) is 3.10. The lowest BCUT2D eigenvalue weighted by molar-refractivity contribution is 0.103. The van der Waals surface area contributed by atoms with E-state index >= 15 is 0 Å².